The maximum atomic E-state index is 12.8. The number of carbonyl (C=O) groups excluding carboxylic acids is 3. The van der Waals surface area contributed by atoms with E-state index in [0.29, 0.717) is 34.4 Å². The molecule has 0 aliphatic carbocycles. The zero-order chi connectivity index (χ0) is 26.2. The first-order chi connectivity index (χ1) is 17.2. The Bertz CT molecular complexity index is 1210. The lowest BCUT2D eigenvalue weighted by Crippen LogP contribution is -2.33. The molecular weight excluding hydrogens is 478 g/mol. The van der Waals surface area contributed by atoms with Crippen molar-refractivity contribution in [2.75, 3.05) is 17.7 Å². The second-order valence-electron chi connectivity index (χ2n) is 8.60. The van der Waals surface area contributed by atoms with Gasteiger partial charge in [0.15, 0.2) is 11.0 Å². The van der Waals surface area contributed by atoms with Gasteiger partial charge in [0.1, 0.15) is 0 Å². The Kier molecular flexibility index (Phi) is 9.24. The summed E-state index contributed by atoms with van der Waals surface area (Å²) in [5.74, 6) is -0.00304. The van der Waals surface area contributed by atoms with Gasteiger partial charge in [-0.2, -0.15) is 0 Å². The number of benzene rings is 2. The quantitative estimate of drug-likeness (QED) is 0.311. The van der Waals surface area contributed by atoms with Gasteiger partial charge in [0.05, 0.1) is 24.0 Å². The highest BCUT2D eigenvalue weighted by atomic mass is 32.2. The van der Waals surface area contributed by atoms with Crippen LogP contribution >= 0.6 is 11.8 Å². The van der Waals surface area contributed by atoms with E-state index in [2.05, 4.69) is 20.8 Å². The number of esters is 1. The van der Waals surface area contributed by atoms with Gasteiger partial charge < -0.3 is 19.9 Å². The number of thioether (sulfide) groups is 1. The maximum Gasteiger partial charge on any atom is 0.338 e. The molecule has 0 fully saturated rings. The van der Waals surface area contributed by atoms with Gasteiger partial charge in [0.2, 0.25) is 5.91 Å². The predicted octanol–water partition coefficient (Wildman–Crippen LogP) is 4.16. The number of amides is 2. The second-order valence-corrected chi connectivity index (χ2v) is 9.54. The van der Waals surface area contributed by atoms with Crippen molar-refractivity contribution in [3.05, 3.63) is 71.0 Å². The number of hydrogen-bond acceptors (Lipinski definition) is 7. The Balaban J connectivity index is 1.60. The summed E-state index contributed by atoms with van der Waals surface area (Å²) in [5, 5.41) is 15.0. The van der Waals surface area contributed by atoms with E-state index in [1.807, 2.05) is 40.0 Å². The van der Waals surface area contributed by atoms with E-state index in [1.165, 1.54) is 11.8 Å². The molecule has 2 aromatic carbocycles. The van der Waals surface area contributed by atoms with Crippen LogP contribution in [-0.4, -0.2) is 44.9 Å². The SMILES string of the molecule is CCOC(=O)c1ccc(NC(=O)CSc2nnc([C@H](NC(=O)c3ccc(C)cc3)C(C)C)n2C)cc1. The number of aromatic nitrogens is 3. The summed E-state index contributed by atoms with van der Waals surface area (Å²) in [4.78, 5) is 37.0. The first kappa shape index (κ1) is 26.9. The molecule has 1 aromatic heterocycles. The zero-order valence-corrected chi connectivity index (χ0v) is 21.9. The first-order valence-electron chi connectivity index (χ1n) is 11.7. The molecule has 190 valence electrons. The van der Waals surface area contributed by atoms with Crippen LogP contribution in [0.25, 0.3) is 0 Å². The van der Waals surface area contributed by atoms with Crippen LogP contribution in [0.3, 0.4) is 0 Å². The average Bonchev–Trinajstić information content (AvgIpc) is 3.21. The van der Waals surface area contributed by atoms with E-state index < -0.39 is 5.97 Å². The first-order valence-corrected chi connectivity index (χ1v) is 12.6. The molecule has 10 heteroatoms. The summed E-state index contributed by atoms with van der Waals surface area (Å²) in [6.45, 7) is 8.02. The highest BCUT2D eigenvalue weighted by Crippen LogP contribution is 2.24. The van der Waals surface area contributed by atoms with Crippen LogP contribution < -0.4 is 10.6 Å². The number of aryl methyl sites for hydroxylation is 1. The Morgan fingerprint density at radius 2 is 1.64 bits per heavy atom. The van der Waals surface area contributed by atoms with Gasteiger partial charge in [0, 0.05) is 18.3 Å². The monoisotopic (exact) mass is 509 g/mol. The van der Waals surface area contributed by atoms with Crippen molar-refractivity contribution in [1.82, 2.24) is 20.1 Å². The normalized spacial score (nSPS) is 11.7. The standard InChI is InChI=1S/C26H31N5O4S/c1-6-35-25(34)19-11-13-20(14-12-19)27-21(32)15-36-26-30-29-23(31(26)5)22(16(2)3)28-24(33)18-9-7-17(4)8-10-18/h7-14,16,22H,6,15H2,1-5H3,(H,27,32)(H,28,33)/t22-/m1/s1. The number of hydrogen-bond donors (Lipinski definition) is 2. The van der Waals surface area contributed by atoms with E-state index in [4.69, 9.17) is 4.74 Å². The van der Waals surface area contributed by atoms with E-state index in [9.17, 15) is 14.4 Å². The third-order valence-electron chi connectivity index (χ3n) is 5.43. The number of nitrogens with one attached hydrogen (secondary N) is 2. The summed E-state index contributed by atoms with van der Waals surface area (Å²) in [5.41, 5.74) is 2.66. The summed E-state index contributed by atoms with van der Waals surface area (Å²) >= 11 is 1.25. The molecule has 0 saturated carbocycles. The highest BCUT2D eigenvalue weighted by molar-refractivity contribution is 7.99. The van der Waals surface area contributed by atoms with Crippen molar-refractivity contribution >= 4 is 35.2 Å². The van der Waals surface area contributed by atoms with Gasteiger partial charge in [-0.05, 0) is 56.2 Å². The summed E-state index contributed by atoms with van der Waals surface area (Å²) < 4.78 is 6.76. The fraction of sp³-hybridized carbons (Fsp3) is 0.346. The van der Waals surface area contributed by atoms with Crippen molar-refractivity contribution in [3.63, 3.8) is 0 Å². The molecule has 0 unspecified atom stereocenters. The Hall–Kier alpha value is -3.66. The average molecular weight is 510 g/mol. The van der Waals surface area contributed by atoms with Gasteiger partial charge in [-0.15, -0.1) is 10.2 Å². The van der Waals surface area contributed by atoms with Crippen molar-refractivity contribution in [2.24, 2.45) is 13.0 Å². The predicted molar refractivity (Wildman–Crippen MR) is 139 cm³/mol. The van der Waals surface area contributed by atoms with Crippen LogP contribution in [0.2, 0.25) is 0 Å². The minimum Gasteiger partial charge on any atom is -0.462 e. The minimum atomic E-state index is -0.404. The largest absolute Gasteiger partial charge is 0.462 e. The smallest absolute Gasteiger partial charge is 0.338 e. The van der Waals surface area contributed by atoms with Crippen LogP contribution in [0.1, 0.15) is 58.9 Å². The number of ether oxygens (including phenoxy) is 1. The molecule has 1 atom stereocenters. The van der Waals surface area contributed by atoms with Gasteiger partial charge in [-0.25, -0.2) is 4.79 Å². The van der Waals surface area contributed by atoms with Crippen LogP contribution in [0.5, 0.6) is 0 Å². The molecule has 36 heavy (non-hydrogen) atoms. The van der Waals surface area contributed by atoms with Crippen molar-refractivity contribution < 1.29 is 19.1 Å². The molecule has 0 radical (unpaired) electrons. The third-order valence-corrected chi connectivity index (χ3v) is 6.45. The summed E-state index contributed by atoms with van der Waals surface area (Å²) in [6.07, 6.45) is 0. The molecule has 0 saturated heterocycles. The summed E-state index contributed by atoms with van der Waals surface area (Å²) in [7, 11) is 1.82. The van der Waals surface area contributed by atoms with E-state index in [-0.39, 0.29) is 29.5 Å². The fourth-order valence-electron chi connectivity index (χ4n) is 3.41. The maximum absolute atomic E-state index is 12.8. The molecule has 2 amide bonds. The van der Waals surface area contributed by atoms with Crippen molar-refractivity contribution in [3.8, 4) is 0 Å². The highest BCUT2D eigenvalue weighted by Gasteiger charge is 2.25. The summed E-state index contributed by atoms with van der Waals surface area (Å²) in [6, 6.07) is 13.5. The van der Waals surface area contributed by atoms with Gasteiger partial charge in [-0.1, -0.05) is 43.3 Å². The number of nitrogens with zero attached hydrogens (tertiary/aromatic N) is 3. The van der Waals surface area contributed by atoms with E-state index >= 15 is 0 Å². The number of carbonyl (C=O) groups is 3. The second kappa shape index (κ2) is 12.3. The molecular formula is C26H31N5O4S. The molecule has 0 bridgehead atoms. The van der Waals surface area contributed by atoms with Crippen molar-refractivity contribution in [2.45, 2.75) is 38.9 Å². The lowest BCUT2D eigenvalue weighted by molar-refractivity contribution is -0.113. The van der Waals surface area contributed by atoms with Crippen LogP contribution in [0.15, 0.2) is 53.7 Å². The van der Waals surface area contributed by atoms with Crippen molar-refractivity contribution in [1.29, 1.82) is 0 Å². The molecule has 9 nitrogen and oxygen atoms in total. The zero-order valence-electron chi connectivity index (χ0n) is 21.1. The Morgan fingerprint density at radius 3 is 2.25 bits per heavy atom. The van der Waals surface area contributed by atoms with Gasteiger partial charge >= 0.3 is 5.97 Å². The van der Waals surface area contributed by atoms with Gasteiger partial charge in [-0.3, -0.25) is 9.59 Å². The lowest BCUT2D eigenvalue weighted by Gasteiger charge is -2.21. The van der Waals surface area contributed by atoms with E-state index in [1.54, 1.807) is 47.9 Å². The molecule has 0 spiro atoms. The molecule has 0 aliphatic heterocycles. The Labute approximate surface area is 215 Å². The van der Waals surface area contributed by atoms with Gasteiger partial charge in [0.25, 0.3) is 5.91 Å². The molecule has 3 rings (SSSR count). The molecule has 0 aliphatic rings. The number of anilines is 1. The molecule has 3 aromatic rings. The fourth-order valence-corrected chi connectivity index (χ4v) is 4.13. The van der Waals surface area contributed by atoms with Crippen LogP contribution in [0, 0.1) is 12.8 Å². The molecule has 2 N–H and O–H groups in total. The minimum absolute atomic E-state index is 0.0704. The van der Waals surface area contributed by atoms with E-state index in [0.717, 1.165) is 5.56 Å². The third kappa shape index (κ3) is 6.94. The lowest BCUT2D eigenvalue weighted by atomic mass is 10.0. The van der Waals surface area contributed by atoms with Crippen LogP contribution in [-0.2, 0) is 16.6 Å². The Morgan fingerprint density at radius 1 is 1.00 bits per heavy atom. The topological polar surface area (TPSA) is 115 Å². The number of rotatable bonds is 10. The molecule has 1 heterocycles. The van der Waals surface area contributed by atoms with Crippen LogP contribution in [0.4, 0.5) is 5.69 Å².